The number of rotatable bonds is 10. The van der Waals surface area contributed by atoms with E-state index in [2.05, 4.69) is 33.8 Å². The number of allylic oxidation sites excluding steroid dienone is 2. The summed E-state index contributed by atoms with van der Waals surface area (Å²) >= 11 is 0. The summed E-state index contributed by atoms with van der Waals surface area (Å²) in [7, 11) is 0. The molecule has 0 amide bonds. The molecule has 20 heteroatoms. The average Bonchev–Trinajstić information content (AvgIpc) is 3.29. The van der Waals surface area contributed by atoms with Gasteiger partial charge in [0.15, 0.2) is 25.0 Å². The van der Waals surface area contributed by atoms with Crippen LogP contribution in [0.4, 0.5) is 0 Å². The standard InChI is InChI=1S/C49H78O20/c1-21-29(54)31(56)34(59)41(64-21)68-36-30(55)25(53)18-63-42(36)69-37-33(58)32(57)35(40(61)62)67-43(37)66-28-12-13-46(5)26(47(28,6)20-51)11-14-49(8)27(46)10-9-23-24-17-44(3,19-50)38(60)39(65-22(2)52)45(24,4)15-16-48(23,49)7/h9,21,24-39,41-43,50-51,53-60H,10-20H2,1-8H3,(H,61,62)/t21-,24-,25-,26-,27+,28-,29-,30-,31+,32-,33-,34+,35-,36+,37+,38-,39+,41-,42-,43+,44+,45+,46-,47+,48+,49+/m0/s1. The highest BCUT2D eigenvalue weighted by Crippen LogP contribution is 2.76. The number of carbonyl (C=O) groups is 2. The second kappa shape index (κ2) is 18.8. The Morgan fingerprint density at radius 3 is 2.01 bits per heavy atom. The van der Waals surface area contributed by atoms with Gasteiger partial charge in [-0.1, -0.05) is 53.2 Å². The van der Waals surface area contributed by atoms with Crippen LogP contribution in [-0.4, -0.2) is 192 Å². The van der Waals surface area contributed by atoms with Crippen LogP contribution in [0.1, 0.15) is 107 Å². The van der Waals surface area contributed by atoms with Crippen molar-refractivity contribution in [1.82, 2.24) is 0 Å². The molecule has 11 N–H and O–H groups in total. The Morgan fingerprint density at radius 1 is 0.710 bits per heavy atom. The highest BCUT2D eigenvalue weighted by atomic mass is 16.8. The smallest absolute Gasteiger partial charge is 0.335 e. The quantitative estimate of drug-likeness (QED) is 0.0771. The fourth-order valence-electron chi connectivity index (χ4n) is 15.2. The van der Waals surface area contributed by atoms with Crippen LogP contribution in [0.3, 0.4) is 0 Å². The number of carbonyl (C=O) groups excluding carboxylic acids is 1. The number of carboxylic acid groups (broad SMARTS) is 1. The van der Waals surface area contributed by atoms with E-state index in [1.54, 1.807) is 0 Å². The van der Waals surface area contributed by atoms with Gasteiger partial charge in [-0.2, -0.15) is 0 Å². The maximum Gasteiger partial charge on any atom is 0.335 e. The zero-order valence-electron chi connectivity index (χ0n) is 41.0. The lowest BCUT2D eigenvalue weighted by Gasteiger charge is -2.72. The lowest BCUT2D eigenvalue weighted by Crippen LogP contribution is -2.69. The van der Waals surface area contributed by atoms with Crippen molar-refractivity contribution in [3.05, 3.63) is 11.6 Å². The third kappa shape index (κ3) is 8.26. The van der Waals surface area contributed by atoms with Crippen molar-refractivity contribution in [1.29, 1.82) is 0 Å². The number of fused-ring (bicyclic) bond motifs is 7. The fourth-order valence-corrected chi connectivity index (χ4v) is 15.2. The molecular formula is C49H78O20. The third-order valence-corrected chi connectivity index (χ3v) is 19.8. The Morgan fingerprint density at radius 2 is 1.38 bits per heavy atom. The first-order valence-electron chi connectivity index (χ1n) is 24.8. The van der Waals surface area contributed by atoms with Crippen molar-refractivity contribution in [2.24, 2.45) is 50.2 Å². The lowest BCUT2D eigenvalue weighted by molar-refractivity contribution is -0.387. The monoisotopic (exact) mass is 987 g/mol. The fraction of sp³-hybridized carbons (Fsp3) is 0.918. The maximum absolute atomic E-state index is 12.5. The molecule has 3 aliphatic heterocycles. The van der Waals surface area contributed by atoms with Crippen LogP contribution in [0.15, 0.2) is 11.6 Å². The van der Waals surface area contributed by atoms with Gasteiger partial charge < -0.3 is 89.3 Å². The van der Waals surface area contributed by atoms with Crippen LogP contribution in [-0.2, 0) is 42.7 Å². The van der Waals surface area contributed by atoms with Gasteiger partial charge in [0.1, 0.15) is 61.0 Å². The van der Waals surface area contributed by atoms with Gasteiger partial charge in [0, 0.05) is 23.2 Å². The van der Waals surface area contributed by atoms with E-state index in [9.17, 15) is 65.8 Å². The van der Waals surface area contributed by atoms with Crippen molar-refractivity contribution < 1.29 is 98.9 Å². The second-order valence-electron chi connectivity index (χ2n) is 23.6. The summed E-state index contributed by atoms with van der Waals surface area (Å²) in [5.41, 5.74) is -2.05. The molecule has 8 aliphatic rings. The highest BCUT2D eigenvalue weighted by Gasteiger charge is 2.71. The van der Waals surface area contributed by atoms with Crippen LogP contribution in [0.25, 0.3) is 0 Å². The summed E-state index contributed by atoms with van der Waals surface area (Å²) in [5.74, 6) is -2.15. The Labute approximate surface area is 402 Å². The van der Waals surface area contributed by atoms with Crippen molar-refractivity contribution in [3.8, 4) is 0 Å². The average molecular weight is 987 g/mol. The SMILES string of the molecule is CC(=O)O[C@@H]1[C@H](O)[C@@](C)(CO)C[C@H]2C3=CC[C@@H]4[C@@]5(C)CC[C@H](O[C@@H]6O[C@H](C(=O)O)[C@@H](O)[C@H](O)[C@H]6O[C@@H]6OC[C@H](O)[C@H](O)[C@H]6O[C@@H]6O[C@@H](C)[C@H](O)[C@@H](O)[C@H]6O)[C@](C)(CO)[C@H]5CC[C@@]4(C)[C@]3(C)CC[C@@]12C. The first-order chi connectivity index (χ1) is 32.2. The van der Waals surface area contributed by atoms with Crippen molar-refractivity contribution >= 4 is 11.9 Å². The number of carboxylic acids is 1. The normalized spacial score (nSPS) is 55.3. The van der Waals surface area contributed by atoms with E-state index < -0.39 is 139 Å². The zero-order chi connectivity index (χ0) is 50.7. The molecule has 0 aromatic heterocycles. The summed E-state index contributed by atoms with van der Waals surface area (Å²) in [6.45, 7) is 14.6. The van der Waals surface area contributed by atoms with Gasteiger partial charge in [0.25, 0.3) is 0 Å². The number of aliphatic hydroxyl groups is 10. The first-order valence-corrected chi connectivity index (χ1v) is 24.8. The van der Waals surface area contributed by atoms with E-state index in [-0.39, 0.29) is 47.2 Å². The molecule has 3 saturated heterocycles. The molecule has 0 aromatic carbocycles. The van der Waals surface area contributed by atoms with Crippen LogP contribution < -0.4 is 0 Å². The molecule has 0 radical (unpaired) electrons. The summed E-state index contributed by atoms with van der Waals surface area (Å²) in [4.78, 5) is 25.0. The Bertz CT molecular complexity index is 1940. The van der Waals surface area contributed by atoms with E-state index in [0.717, 1.165) is 19.3 Å². The van der Waals surface area contributed by atoms with Crippen molar-refractivity contribution in [2.45, 2.75) is 211 Å². The largest absolute Gasteiger partial charge is 0.479 e. The molecule has 8 rings (SSSR count). The van der Waals surface area contributed by atoms with Gasteiger partial charge in [-0.05, 0) is 92.3 Å². The van der Waals surface area contributed by atoms with Crippen molar-refractivity contribution in [2.75, 3.05) is 19.8 Å². The molecule has 3 heterocycles. The topological polar surface area (TPSA) is 321 Å². The van der Waals surface area contributed by atoms with E-state index in [1.807, 2.05) is 13.8 Å². The minimum absolute atomic E-state index is 0.0718. The lowest BCUT2D eigenvalue weighted by atomic mass is 9.33. The van der Waals surface area contributed by atoms with E-state index in [0.29, 0.717) is 32.1 Å². The first kappa shape index (κ1) is 53.3. The molecule has 5 aliphatic carbocycles. The summed E-state index contributed by atoms with van der Waals surface area (Å²) in [5, 5.41) is 120. The van der Waals surface area contributed by atoms with Crippen LogP contribution in [0.5, 0.6) is 0 Å². The van der Waals surface area contributed by atoms with Crippen molar-refractivity contribution in [3.63, 3.8) is 0 Å². The Balaban J connectivity index is 1.07. The van der Waals surface area contributed by atoms with E-state index >= 15 is 0 Å². The number of esters is 1. The molecule has 0 unspecified atom stereocenters. The van der Waals surface area contributed by atoms with Gasteiger partial charge in [-0.3, -0.25) is 4.79 Å². The van der Waals surface area contributed by atoms with Crippen LogP contribution in [0.2, 0.25) is 0 Å². The van der Waals surface area contributed by atoms with Gasteiger partial charge >= 0.3 is 11.9 Å². The molecule has 7 fully saturated rings. The predicted octanol–water partition coefficient (Wildman–Crippen LogP) is -0.142. The van der Waals surface area contributed by atoms with Gasteiger partial charge in [-0.25, -0.2) is 4.79 Å². The molecular weight excluding hydrogens is 909 g/mol. The van der Waals surface area contributed by atoms with Gasteiger partial charge in [0.05, 0.1) is 38.1 Å². The number of aliphatic hydroxyl groups excluding tert-OH is 10. The van der Waals surface area contributed by atoms with Gasteiger partial charge in [0.2, 0.25) is 0 Å². The number of hydrogen-bond donors (Lipinski definition) is 11. The molecule has 69 heavy (non-hydrogen) atoms. The third-order valence-electron chi connectivity index (χ3n) is 19.8. The van der Waals surface area contributed by atoms with Crippen LogP contribution >= 0.6 is 0 Å². The molecule has 20 nitrogen and oxygen atoms in total. The summed E-state index contributed by atoms with van der Waals surface area (Å²) < 4.78 is 42.0. The van der Waals surface area contributed by atoms with E-state index in [1.165, 1.54) is 19.4 Å². The number of aliphatic carboxylic acids is 1. The Kier molecular flexibility index (Phi) is 14.5. The molecule has 0 aromatic rings. The molecule has 4 saturated carbocycles. The maximum atomic E-state index is 12.5. The summed E-state index contributed by atoms with van der Waals surface area (Å²) in [6, 6.07) is 0. The minimum Gasteiger partial charge on any atom is -0.479 e. The van der Waals surface area contributed by atoms with Crippen LogP contribution in [0, 0.1) is 50.2 Å². The molecule has 26 atom stereocenters. The minimum atomic E-state index is -2.05. The molecule has 0 spiro atoms. The second-order valence-corrected chi connectivity index (χ2v) is 23.6. The molecule has 0 bridgehead atoms. The number of hydrogen-bond acceptors (Lipinski definition) is 19. The number of ether oxygens (including phenoxy) is 7. The van der Waals surface area contributed by atoms with Gasteiger partial charge in [-0.15, -0.1) is 0 Å². The Hall–Kier alpha value is -1.96. The predicted molar refractivity (Wildman–Crippen MR) is 237 cm³/mol. The zero-order valence-corrected chi connectivity index (χ0v) is 41.0. The highest BCUT2D eigenvalue weighted by molar-refractivity contribution is 5.73. The molecule has 394 valence electrons. The summed E-state index contributed by atoms with van der Waals surface area (Å²) in [6.07, 6.45) is -19.0. The van der Waals surface area contributed by atoms with E-state index in [4.69, 9.17) is 33.2 Å².